The molecule has 1 aromatic carbocycles. The molecule has 0 radical (unpaired) electrons. The summed E-state index contributed by atoms with van der Waals surface area (Å²) in [4.78, 5) is 38.3. The summed E-state index contributed by atoms with van der Waals surface area (Å²) in [6.07, 6.45) is -5.55. The summed E-state index contributed by atoms with van der Waals surface area (Å²) in [5, 5.41) is 45.8. The van der Waals surface area contributed by atoms with Crippen molar-refractivity contribution in [3.05, 3.63) is 45.7 Å². The number of alkyl halides is 3. The van der Waals surface area contributed by atoms with Gasteiger partial charge in [0.05, 0.1) is 17.2 Å². The molecule has 0 saturated heterocycles. The van der Waals surface area contributed by atoms with E-state index in [1.807, 2.05) is 0 Å². The largest absolute Gasteiger partial charge is 0.508 e. The molecule has 1 aromatic rings. The number of aliphatic hydroxyl groups is 3. The van der Waals surface area contributed by atoms with E-state index in [0.717, 1.165) is 6.07 Å². The first-order valence-electron chi connectivity index (χ1n) is 10.4. The molecule has 3 aliphatic rings. The highest BCUT2D eigenvalue weighted by Gasteiger charge is 2.63. The number of fused-ring (bicyclic) bond motifs is 3. The van der Waals surface area contributed by atoms with Gasteiger partial charge in [0.25, 0.3) is 5.91 Å². The Kier molecular flexibility index (Phi) is 5.29. The van der Waals surface area contributed by atoms with Crippen molar-refractivity contribution in [2.45, 2.75) is 37.6 Å². The number of hydrogen-bond acceptors (Lipinski definition) is 8. The number of amides is 1. The van der Waals surface area contributed by atoms with Crippen molar-refractivity contribution in [1.82, 2.24) is 5.32 Å². The molecule has 4 rings (SSSR count). The number of hydrogen-bond donors (Lipinski definition) is 6. The second-order valence-corrected chi connectivity index (χ2v) is 8.57. The van der Waals surface area contributed by atoms with E-state index >= 15 is 0 Å². The fourth-order valence-electron chi connectivity index (χ4n) is 5.40. The molecule has 0 spiro atoms. The Morgan fingerprint density at radius 2 is 1.88 bits per heavy atom. The van der Waals surface area contributed by atoms with Crippen molar-refractivity contribution < 1.29 is 48.0 Å². The number of nitrogens with two attached hydrogens (primary N) is 1. The summed E-state index contributed by atoms with van der Waals surface area (Å²) in [7, 11) is 0. The summed E-state index contributed by atoms with van der Waals surface area (Å²) in [6.45, 7) is 1.75. The summed E-state index contributed by atoms with van der Waals surface area (Å²) >= 11 is 0. The number of halogens is 3. The summed E-state index contributed by atoms with van der Waals surface area (Å²) in [5.41, 5.74) is -1.28. The lowest BCUT2D eigenvalue weighted by molar-refractivity contribution is -0.150. The second-order valence-electron chi connectivity index (χ2n) is 8.57. The number of nitrogens with one attached hydrogen (secondary N) is 1. The van der Waals surface area contributed by atoms with Gasteiger partial charge in [-0.25, -0.2) is 0 Å². The SMILES string of the molecule is CCN[C@@H]1C(=O)C(C(N)=O)=C(O)[C@@]2(O)C(=O)C3=C(O)c4c(O)ccc(C(F)(F)F)c4C[C@H]3C[C@@H]12. The quantitative estimate of drug-likeness (QED) is 0.347. The summed E-state index contributed by atoms with van der Waals surface area (Å²) < 4.78 is 40.9. The molecule has 0 aliphatic heterocycles. The number of aliphatic hydroxyl groups excluding tert-OH is 2. The highest BCUT2D eigenvalue weighted by molar-refractivity contribution is 6.24. The Morgan fingerprint density at radius 1 is 1.24 bits per heavy atom. The number of phenolic OH excluding ortho intramolecular Hbond substituents is 1. The molecule has 34 heavy (non-hydrogen) atoms. The first kappa shape index (κ1) is 23.8. The maximum Gasteiger partial charge on any atom is 0.416 e. The van der Waals surface area contributed by atoms with E-state index in [2.05, 4.69) is 5.32 Å². The molecule has 9 nitrogen and oxygen atoms in total. The molecule has 0 heterocycles. The number of aromatic hydroxyl groups is 1. The number of Topliss-reactive ketones (excluding diaryl/α,β-unsaturated/α-hetero) is 2. The zero-order valence-electron chi connectivity index (χ0n) is 17.7. The van der Waals surface area contributed by atoms with Gasteiger partial charge in [0.2, 0.25) is 5.78 Å². The molecular formula is C22H21F3N2O7. The van der Waals surface area contributed by atoms with Crippen molar-refractivity contribution in [3.8, 4) is 5.75 Å². The van der Waals surface area contributed by atoms with Gasteiger partial charge in [0.1, 0.15) is 22.8 Å². The van der Waals surface area contributed by atoms with Crippen LogP contribution in [0.25, 0.3) is 5.76 Å². The highest BCUT2D eigenvalue weighted by atomic mass is 19.4. The molecule has 1 saturated carbocycles. The fourth-order valence-corrected chi connectivity index (χ4v) is 5.40. The van der Waals surface area contributed by atoms with Gasteiger partial charge >= 0.3 is 6.18 Å². The Morgan fingerprint density at radius 3 is 2.44 bits per heavy atom. The molecule has 3 aliphatic carbocycles. The number of carbonyl (C=O) groups is 3. The first-order valence-corrected chi connectivity index (χ1v) is 10.4. The van der Waals surface area contributed by atoms with Crippen molar-refractivity contribution >= 4 is 23.2 Å². The van der Waals surface area contributed by atoms with Crippen molar-refractivity contribution in [3.63, 3.8) is 0 Å². The second kappa shape index (κ2) is 7.57. The predicted molar refractivity (Wildman–Crippen MR) is 109 cm³/mol. The van der Waals surface area contributed by atoms with E-state index < -0.39 is 98.7 Å². The number of carbonyl (C=O) groups excluding carboxylic acids is 3. The number of phenols is 1. The number of benzene rings is 1. The van der Waals surface area contributed by atoms with Crippen LogP contribution < -0.4 is 11.1 Å². The molecular weight excluding hydrogens is 461 g/mol. The lowest BCUT2D eigenvalue weighted by Crippen LogP contribution is -2.66. The van der Waals surface area contributed by atoms with Crippen LogP contribution in [0.15, 0.2) is 29.0 Å². The molecule has 0 bridgehead atoms. The standard InChI is InChI=1S/C22H21F3N2O7/c1-2-27-15-10-6-7-5-8-9(22(23,24)25)3-4-11(28)13(8)16(29)12(7)18(31)21(10,34)19(32)14(17(15)30)20(26)33/h3-4,7,10,15,27-29,32,34H,2,5-6H2,1H3,(H2,26,33)/t7-,10-,15-,21-/m0/s1. The van der Waals surface area contributed by atoms with Gasteiger partial charge in [-0.2, -0.15) is 13.2 Å². The fraction of sp³-hybridized carbons (Fsp3) is 0.409. The van der Waals surface area contributed by atoms with Crippen molar-refractivity contribution in [1.29, 1.82) is 0 Å². The van der Waals surface area contributed by atoms with Gasteiger partial charge in [-0.15, -0.1) is 0 Å². The first-order chi connectivity index (χ1) is 15.8. The Bertz CT molecular complexity index is 1200. The van der Waals surface area contributed by atoms with E-state index in [1.54, 1.807) is 6.92 Å². The molecule has 7 N–H and O–H groups in total. The van der Waals surface area contributed by atoms with Crippen LogP contribution in [-0.4, -0.2) is 56.1 Å². The van der Waals surface area contributed by atoms with Crippen molar-refractivity contribution in [2.24, 2.45) is 17.6 Å². The van der Waals surface area contributed by atoms with E-state index in [-0.39, 0.29) is 13.0 Å². The summed E-state index contributed by atoms with van der Waals surface area (Å²) in [5.74, 6) is -9.04. The average Bonchev–Trinajstić information content (AvgIpc) is 2.72. The van der Waals surface area contributed by atoms with Gasteiger partial charge in [-0.1, -0.05) is 6.92 Å². The minimum absolute atomic E-state index is 0.150. The molecule has 4 atom stereocenters. The van der Waals surface area contributed by atoms with Gasteiger partial charge in [0.15, 0.2) is 11.4 Å². The molecule has 0 aromatic heterocycles. The van der Waals surface area contributed by atoms with Crippen LogP contribution in [-0.2, 0) is 27.0 Å². The van der Waals surface area contributed by atoms with Gasteiger partial charge in [-0.3, -0.25) is 14.4 Å². The van der Waals surface area contributed by atoms with Crippen LogP contribution in [0.2, 0.25) is 0 Å². The maximum absolute atomic E-state index is 13.6. The monoisotopic (exact) mass is 482 g/mol. The molecule has 1 fully saturated rings. The summed E-state index contributed by atoms with van der Waals surface area (Å²) in [6, 6.07) is 0.0352. The third-order valence-electron chi connectivity index (χ3n) is 6.81. The number of likely N-dealkylation sites (N-methyl/N-ethyl adjacent to an activating group) is 1. The lowest BCUT2D eigenvalue weighted by Gasteiger charge is -2.49. The van der Waals surface area contributed by atoms with Crippen LogP contribution >= 0.6 is 0 Å². The zero-order chi connectivity index (χ0) is 25.3. The van der Waals surface area contributed by atoms with Gasteiger partial charge < -0.3 is 31.5 Å². The smallest absolute Gasteiger partial charge is 0.416 e. The predicted octanol–water partition coefficient (Wildman–Crippen LogP) is 1.03. The zero-order valence-corrected chi connectivity index (χ0v) is 17.7. The molecule has 12 heteroatoms. The Labute approximate surface area is 190 Å². The normalized spacial score (nSPS) is 29.0. The Balaban J connectivity index is 1.98. The average molecular weight is 482 g/mol. The number of primary amides is 1. The van der Waals surface area contributed by atoms with Gasteiger partial charge in [0, 0.05) is 11.5 Å². The maximum atomic E-state index is 13.6. The van der Waals surface area contributed by atoms with Crippen LogP contribution in [0.1, 0.15) is 30.0 Å². The van der Waals surface area contributed by atoms with E-state index in [4.69, 9.17) is 5.73 Å². The van der Waals surface area contributed by atoms with Crippen LogP contribution in [0, 0.1) is 11.8 Å². The van der Waals surface area contributed by atoms with E-state index in [0.29, 0.717) is 6.07 Å². The minimum atomic E-state index is -4.82. The number of rotatable bonds is 3. The van der Waals surface area contributed by atoms with Gasteiger partial charge in [-0.05, 0) is 43.0 Å². The van der Waals surface area contributed by atoms with Crippen LogP contribution in [0.4, 0.5) is 13.2 Å². The molecule has 0 unspecified atom stereocenters. The minimum Gasteiger partial charge on any atom is -0.508 e. The third-order valence-corrected chi connectivity index (χ3v) is 6.81. The van der Waals surface area contributed by atoms with Crippen LogP contribution in [0.3, 0.4) is 0 Å². The third kappa shape index (κ3) is 3.05. The lowest BCUT2D eigenvalue weighted by atomic mass is 9.57. The Hall–Kier alpha value is -3.38. The highest BCUT2D eigenvalue weighted by Crippen LogP contribution is 2.53. The number of ketones is 2. The van der Waals surface area contributed by atoms with E-state index in [9.17, 15) is 48.0 Å². The van der Waals surface area contributed by atoms with E-state index in [1.165, 1.54) is 0 Å². The van der Waals surface area contributed by atoms with Crippen molar-refractivity contribution in [2.75, 3.05) is 6.54 Å². The van der Waals surface area contributed by atoms with Crippen LogP contribution in [0.5, 0.6) is 5.75 Å². The molecule has 1 amide bonds. The molecule has 182 valence electrons. The topological polar surface area (TPSA) is 170 Å².